The van der Waals surface area contributed by atoms with E-state index >= 15 is 0 Å². The molecule has 28 heavy (non-hydrogen) atoms. The van der Waals surface area contributed by atoms with Gasteiger partial charge in [0.15, 0.2) is 0 Å². The van der Waals surface area contributed by atoms with E-state index in [2.05, 4.69) is 35.2 Å². The molecule has 2 rings (SSSR count). The summed E-state index contributed by atoms with van der Waals surface area (Å²) in [5.41, 5.74) is 3.40. The van der Waals surface area contributed by atoms with Gasteiger partial charge in [-0.2, -0.15) is 13.2 Å². The minimum atomic E-state index is -4.08. The van der Waals surface area contributed by atoms with Gasteiger partial charge < -0.3 is 5.32 Å². The Morgan fingerprint density at radius 2 is 1.54 bits per heavy atom. The molecule has 2 aromatic heterocycles. The molecule has 0 saturated carbocycles. The Morgan fingerprint density at radius 1 is 0.964 bits per heavy atom. The van der Waals surface area contributed by atoms with Gasteiger partial charge in [0, 0.05) is 62.9 Å². The fourth-order valence-electron chi connectivity index (χ4n) is 1.95. The maximum atomic E-state index is 11.4. The summed E-state index contributed by atoms with van der Waals surface area (Å²) in [7, 11) is 0. The van der Waals surface area contributed by atoms with E-state index in [4.69, 9.17) is 0 Å². The number of hydrogen-bond acceptors (Lipinski definition) is 3. The fourth-order valence-corrected chi connectivity index (χ4v) is 1.95. The maximum absolute atomic E-state index is 11.4. The van der Waals surface area contributed by atoms with Crippen LogP contribution in [-0.4, -0.2) is 28.7 Å². The molecule has 0 bridgehead atoms. The quantitative estimate of drug-likeness (QED) is 0.533. The van der Waals surface area contributed by atoms with E-state index in [1.165, 1.54) is 5.56 Å². The van der Waals surface area contributed by atoms with Gasteiger partial charge in [-0.25, -0.2) is 0 Å². The number of nitrogens with zero attached hydrogens (tertiary/aromatic N) is 2. The van der Waals surface area contributed by atoms with Crippen LogP contribution >= 0.6 is 0 Å². The third kappa shape index (κ3) is 14.2. The Kier molecular flexibility index (Phi) is 21.1. The SMILES string of the molecule is C.C.C.CC(C)NCC(F)(F)F.CC(C)c1cccnc1-c1cccnc1.[Y]. The number of rotatable bonds is 4. The van der Waals surface area contributed by atoms with Crippen molar-refractivity contribution >= 4 is 0 Å². The molecular formula is C21H36F3N3Y. The first kappa shape index (κ1) is 34.6. The van der Waals surface area contributed by atoms with Crippen LogP contribution in [0.5, 0.6) is 0 Å². The molecule has 2 heterocycles. The third-order valence-corrected chi connectivity index (χ3v) is 3.11. The smallest absolute Gasteiger partial charge is 0.306 e. The number of pyridine rings is 2. The van der Waals surface area contributed by atoms with E-state index in [0.29, 0.717) is 5.92 Å². The largest absolute Gasteiger partial charge is 0.401 e. The van der Waals surface area contributed by atoms with Crippen molar-refractivity contribution < 1.29 is 45.9 Å². The number of hydrogen-bond donors (Lipinski definition) is 1. The molecule has 0 amide bonds. The standard InChI is InChI=1S/C13H14N2.C5H10F3N.3CH4.Y/c1-10(2)12-6-4-8-15-13(12)11-5-3-7-14-9-11;1-4(2)9-3-5(6,7)8;;;;/h3-10H,1-2H3;4,9H,3H2,1-2H3;3*1H4;. The summed E-state index contributed by atoms with van der Waals surface area (Å²) in [4.78, 5) is 8.55. The Labute approximate surface area is 194 Å². The van der Waals surface area contributed by atoms with Crippen molar-refractivity contribution in [1.82, 2.24) is 15.3 Å². The second kappa shape index (κ2) is 17.0. The molecule has 1 radical (unpaired) electrons. The van der Waals surface area contributed by atoms with Gasteiger partial charge >= 0.3 is 6.18 Å². The molecule has 0 aliphatic heterocycles. The van der Waals surface area contributed by atoms with E-state index in [-0.39, 0.29) is 61.0 Å². The van der Waals surface area contributed by atoms with Gasteiger partial charge in [-0.05, 0) is 29.7 Å². The van der Waals surface area contributed by atoms with Crippen LogP contribution in [0.3, 0.4) is 0 Å². The van der Waals surface area contributed by atoms with E-state index in [1.807, 2.05) is 30.6 Å². The molecule has 0 fully saturated rings. The van der Waals surface area contributed by atoms with Crippen molar-refractivity contribution in [2.24, 2.45) is 0 Å². The van der Waals surface area contributed by atoms with Crippen molar-refractivity contribution in [2.75, 3.05) is 6.54 Å². The molecule has 0 unspecified atom stereocenters. The summed E-state index contributed by atoms with van der Waals surface area (Å²) in [5, 5.41) is 2.26. The molecule has 1 N–H and O–H groups in total. The third-order valence-electron chi connectivity index (χ3n) is 3.11. The van der Waals surface area contributed by atoms with Crippen molar-refractivity contribution in [2.45, 2.75) is 68.1 Å². The van der Waals surface area contributed by atoms with Gasteiger partial charge in [-0.3, -0.25) is 9.97 Å². The Balaban J connectivity index is -0.000000198. The second-order valence-corrected chi connectivity index (χ2v) is 5.99. The van der Waals surface area contributed by atoms with E-state index in [9.17, 15) is 13.2 Å². The second-order valence-electron chi connectivity index (χ2n) is 5.99. The predicted molar refractivity (Wildman–Crippen MR) is 111 cm³/mol. The number of halogens is 3. The molecule has 0 aliphatic rings. The van der Waals surface area contributed by atoms with Crippen molar-refractivity contribution in [3.63, 3.8) is 0 Å². The minimum Gasteiger partial charge on any atom is -0.306 e. The van der Waals surface area contributed by atoms with Crippen molar-refractivity contribution in [3.05, 3.63) is 48.4 Å². The Hall–Kier alpha value is -0.846. The van der Waals surface area contributed by atoms with Gasteiger partial charge in [-0.15, -0.1) is 0 Å². The first-order valence-electron chi connectivity index (χ1n) is 7.86. The van der Waals surface area contributed by atoms with Gasteiger partial charge in [0.25, 0.3) is 0 Å². The van der Waals surface area contributed by atoms with Crippen LogP contribution in [0.4, 0.5) is 13.2 Å². The van der Waals surface area contributed by atoms with Crippen molar-refractivity contribution in [1.29, 1.82) is 0 Å². The van der Waals surface area contributed by atoms with Crippen molar-refractivity contribution in [3.8, 4) is 11.3 Å². The Bertz CT molecular complexity index is 603. The summed E-state index contributed by atoms with van der Waals surface area (Å²) in [6.45, 7) is 6.80. The average molecular weight is 476 g/mol. The molecule has 3 nitrogen and oxygen atoms in total. The summed E-state index contributed by atoms with van der Waals surface area (Å²) < 4.78 is 34.1. The molecule has 7 heteroatoms. The van der Waals surface area contributed by atoms with E-state index in [1.54, 1.807) is 20.0 Å². The first-order valence-corrected chi connectivity index (χ1v) is 7.86. The number of aromatic nitrogens is 2. The molecule has 2 aromatic rings. The van der Waals surface area contributed by atoms with Gasteiger partial charge in [0.1, 0.15) is 0 Å². The van der Waals surface area contributed by atoms with Gasteiger partial charge in [-0.1, -0.05) is 56.0 Å². The van der Waals surface area contributed by atoms with Crippen LogP contribution in [0.15, 0.2) is 42.9 Å². The molecular weight excluding hydrogens is 440 g/mol. The summed E-state index contributed by atoms with van der Waals surface area (Å²) >= 11 is 0. The molecule has 0 aliphatic carbocycles. The van der Waals surface area contributed by atoms with Gasteiger partial charge in [0.05, 0.1) is 12.2 Å². The molecule has 0 spiro atoms. The van der Waals surface area contributed by atoms with Crippen LogP contribution < -0.4 is 5.32 Å². The minimum absolute atomic E-state index is 0. The number of nitrogens with one attached hydrogen (secondary N) is 1. The van der Waals surface area contributed by atoms with Crippen LogP contribution in [0.25, 0.3) is 11.3 Å². The topological polar surface area (TPSA) is 37.8 Å². The zero-order valence-corrected chi connectivity index (χ0v) is 17.8. The summed E-state index contributed by atoms with van der Waals surface area (Å²) in [5.74, 6) is 0.480. The van der Waals surface area contributed by atoms with Crippen LogP contribution in [0.1, 0.15) is 61.5 Å². The normalized spacial score (nSPS) is 9.75. The molecule has 0 saturated heterocycles. The Morgan fingerprint density at radius 3 is 1.93 bits per heavy atom. The summed E-state index contributed by atoms with van der Waals surface area (Å²) in [6.07, 6.45) is 1.38. The van der Waals surface area contributed by atoms with Gasteiger partial charge in [0.2, 0.25) is 0 Å². The summed E-state index contributed by atoms with van der Waals surface area (Å²) in [6, 6.07) is 7.98. The monoisotopic (exact) mass is 476 g/mol. The molecule has 159 valence electrons. The maximum Gasteiger partial charge on any atom is 0.401 e. The van der Waals surface area contributed by atoms with Crippen LogP contribution in [0.2, 0.25) is 0 Å². The first-order chi connectivity index (χ1) is 11.2. The van der Waals surface area contributed by atoms with Crippen LogP contribution in [-0.2, 0) is 32.7 Å². The molecule has 0 atom stereocenters. The van der Waals surface area contributed by atoms with E-state index in [0.717, 1.165) is 11.3 Å². The van der Waals surface area contributed by atoms with Crippen LogP contribution in [0, 0.1) is 0 Å². The fraction of sp³-hybridized carbons (Fsp3) is 0.524. The van der Waals surface area contributed by atoms with E-state index < -0.39 is 12.7 Å². The average Bonchev–Trinajstić information content (AvgIpc) is 2.54. The predicted octanol–water partition coefficient (Wildman–Crippen LogP) is 6.72. The zero-order valence-electron chi connectivity index (χ0n) is 15.0. The molecule has 0 aromatic carbocycles. The zero-order chi connectivity index (χ0) is 18.2. The number of alkyl halides is 3.